The predicted octanol–water partition coefficient (Wildman–Crippen LogP) is 3.06. The number of hydrogen-bond acceptors (Lipinski definition) is 3. The molecule has 0 radical (unpaired) electrons. The summed E-state index contributed by atoms with van der Waals surface area (Å²) < 4.78 is 3.46. The Morgan fingerprint density at radius 2 is 1.12 bits per heavy atom. The second kappa shape index (κ2) is 6.37. The monoisotopic (exact) mass is 330 g/mol. The van der Waals surface area contributed by atoms with Crippen LogP contribution in [-0.2, 0) is 5.60 Å². The maximum absolute atomic E-state index is 12.0. The number of aliphatic hydroxyl groups is 1. The molecule has 0 atom stereocenters. The SMILES string of the molecule is OC(c1ccccc1)(c1ccccc1)C(n1cccn1)n1cccn1. The quantitative estimate of drug-likeness (QED) is 0.612. The van der Waals surface area contributed by atoms with E-state index in [-0.39, 0.29) is 0 Å². The molecule has 0 bridgehead atoms. The molecule has 0 unspecified atom stereocenters. The minimum atomic E-state index is -1.35. The van der Waals surface area contributed by atoms with Crippen LogP contribution in [0.2, 0.25) is 0 Å². The fraction of sp³-hybridized carbons (Fsp3) is 0.100. The highest BCUT2D eigenvalue weighted by Gasteiger charge is 2.43. The van der Waals surface area contributed by atoms with E-state index in [9.17, 15) is 5.11 Å². The number of aromatic nitrogens is 4. The highest BCUT2D eigenvalue weighted by Crippen LogP contribution is 2.39. The smallest absolute Gasteiger partial charge is 0.180 e. The number of rotatable bonds is 5. The van der Waals surface area contributed by atoms with E-state index >= 15 is 0 Å². The zero-order valence-electron chi connectivity index (χ0n) is 13.6. The molecule has 0 amide bonds. The Morgan fingerprint density at radius 1 is 0.680 bits per heavy atom. The van der Waals surface area contributed by atoms with Gasteiger partial charge in [-0.1, -0.05) is 60.7 Å². The maximum Gasteiger partial charge on any atom is 0.180 e. The van der Waals surface area contributed by atoms with E-state index in [0.29, 0.717) is 0 Å². The van der Waals surface area contributed by atoms with Crippen LogP contribution in [0.25, 0.3) is 0 Å². The second-order valence-corrected chi connectivity index (χ2v) is 5.84. The van der Waals surface area contributed by atoms with Gasteiger partial charge in [-0.05, 0) is 23.3 Å². The zero-order chi connectivity index (χ0) is 17.1. The summed E-state index contributed by atoms with van der Waals surface area (Å²) in [6.07, 6.45) is 6.51. The third kappa shape index (κ3) is 2.64. The molecule has 0 aliphatic rings. The molecule has 2 aromatic carbocycles. The van der Waals surface area contributed by atoms with Crippen LogP contribution in [0, 0.1) is 0 Å². The van der Waals surface area contributed by atoms with Gasteiger partial charge in [0.05, 0.1) is 0 Å². The van der Waals surface area contributed by atoms with Crippen molar-refractivity contribution in [2.75, 3.05) is 0 Å². The van der Waals surface area contributed by atoms with Crippen molar-refractivity contribution in [1.82, 2.24) is 19.6 Å². The standard InChI is InChI=1S/C20H18N4O/c25-20(17-9-3-1-4-10-17,18-11-5-2-6-12-18)19(23-15-7-13-21-23)24-16-8-14-22-24/h1-16,19,25H. The predicted molar refractivity (Wildman–Crippen MR) is 94.8 cm³/mol. The van der Waals surface area contributed by atoms with Crippen molar-refractivity contribution in [2.24, 2.45) is 0 Å². The molecule has 0 aliphatic heterocycles. The van der Waals surface area contributed by atoms with Crippen molar-refractivity contribution in [3.8, 4) is 0 Å². The van der Waals surface area contributed by atoms with Gasteiger partial charge in [0.1, 0.15) is 0 Å². The molecule has 25 heavy (non-hydrogen) atoms. The van der Waals surface area contributed by atoms with E-state index in [1.165, 1.54) is 0 Å². The molecule has 1 N–H and O–H groups in total. The van der Waals surface area contributed by atoms with E-state index < -0.39 is 11.8 Å². The van der Waals surface area contributed by atoms with Crippen LogP contribution in [-0.4, -0.2) is 24.7 Å². The summed E-state index contributed by atoms with van der Waals surface area (Å²) in [6, 6.07) is 22.9. The van der Waals surface area contributed by atoms with Crippen LogP contribution in [0.5, 0.6) is 0 Å². The van der Waals surface area contributed by atoms with Crippen molar-refractivity contribution < 1.29 is 5.11 Å². The summed E-state index contributed by atoms with van der Waals surface area (Å²) in [5.74, 6) is 0. The normalized spacial score (nSPS) is 11.8. The lowest BCUT2D eigenvalue weighted by Gasteiger charge is -2.37. The van der Waals surface area contributed by atoms with E-state index in [1.807, 2.05) is 85.2 Å². The molecule has 4 rings (SSSR count). The number of hydrogen-bond donors (Lipinski definition) is 1. The second-order valence-electron chi connectivity index (χ2n) is 5.84. The van der Waals surface area contributed by atoms with Gasteiger partial charge in [-0.25, -0.2) is 9.36 Å². The van der Waals surface area contributed by atoms with Crippen LogP contribution < -0.4 is 0 Å². The Hall–Kier alpha value is -3.18. The molecule has 0 fully saturated rings. The Kier molecular flexibility index (Phi) is 3.91. The van der Waals surface area contributed by atoms with E-state index in [4.69, 9.17) is 0 Å². The summed E-state index contributed by atoms with van der Waals surface area (Å²) in [7, 11) is 0. The van der Waals surface area contributed by atoms with Crippen molar-refractivity contribution in [3.05, 3.63) is 109 Å². The molecule has 2 heterocycles. The zero-order valence-corrected chi connectivity index (χ0v) is 13.6. The molecular weight excluding hydrogens is 312 g/mol. The number of benzene rings is 2. The van der Waals surface area contributed by atoms with E-state index in [0.717, 1.165) is 11.1 Å². The van der Waals surface area contributed by atoms with Gasteiger partial charge in [-0.3, -0.25) is 0 Å². The Labute approximate surface area is 145 Å². The van der Waals surface area contributed by atoms with Crippen LogP contribution in [0.1, 0.15) is 17.3 Å². The van der Waals surface area contributed by atoms with Crippen LogP contribution in [0.15, 0.2) is 97.6 Å². The van der Waals surface area contributed by atoms with Crippen LogP contribution in [0.3, 0.4) is 0 Å². The van der Waals surface area contributed by atoms with Crippen molar-refractivity contribution in [3.63, 3.8) is 0 Å². The summed E-state index contributed by atoms with van der Waals surface area (Å²) in [6.45, 7) is 0. The van der Waals surface area contributed by atoms with Gasteiger partial charge in [-0.2, -0.15) is 10.2 Å². The topological polar surface area (TPSA) is 55.9 Å². The molecule has 0 saturated carbocycles. The lowest BCUT2D eigenvalue weighted by molar-refractivity contribution is -0.00177. The fourth-order valence-electron chi connectivity index (χ4n) is 3.20. The Balaban J connectivity index is 1.99. The first-order valence-electron chi connectivity index (χ1n) is 8.12. The van der Waals surface area contributed by atoms with Gasteiger partial charge in [0.25, 0.3) is 0 Å². The number of nitrogens with zero attached hydrogens (tertiary/aromatic N) is 4. The van der Waals surface area contributed by atoms with E-state index in [2.05, 4.69) is 10.2 Å². The molecule has 0 saturated heterocycles. The first-order chi connectivity index (χ1) is 12.3. The van der Waals surface area contributed by atoms with Crippen molar-refractivity contribution in [2.45, 2.75) is 11.8 Å². The molecule has 2 aromatic heterocycles. The Morgan fingerprint density at radius 3 is 1.48 bits per heavy atom. The van der Waals surface area contributed by atoms with Gasteiger partial charge in [0.2, 0.25) is 0 Å². The van der Waals surface area contributed by atoms with Gasteiger partial charge in [-0.15, -0.1) is 0 Å². The summed E-state index contributed by atoms with van der Waals surface area (Å²) in [4.78, 5) is 0. The average Bonchev–Trinajstić information content (AvgIpc) is 3.38. The highest BCUT2D eigenvalue weighted by molar-refractivity contribution is 5.37. The minimum Gasteiger partial charge on any atom is -0.376 e. The lowest BCUT2D eigenvalue weighted by Crippen LogP contribution is -2.42. The summed E-state index contributed by atoms with van der Waals surface area (Å²) >= 11 is 0. The largest absolute Gasteiger partial charge is 0.376 e. The van der Waals surface area contributed by atoms with Gasteiger partial charge < -0.3 is 5.11 Å². The first-order valence-corrected chi connectivity index (χ1v) is 8.12. The third-order valence-corrected chi connectivity index (χ3v) is 4.35. The molecular formula is C20H18N4O. The van der Waals surface area contributed by atoms with Crippen LogP contribution in [0.4, 0.5) is 0 Å². The maximum atomic E-state index is 12.0. The summed E-state index contributed by atoms with van der Waals surface area (Å²) in [5, 5.41) is 20.8. The average molecular weight is 330 g/mol. The van der Waals surface area contributed by atoms with E-state index in [1.54, 1.807) is 21.8 Å². The van der Waals surface area contributed by atoms with Crippen molar-refractivity contribution >= 4 is 0 Å². The minimum absolute atomic E-state index is 0.567. The lowest BCUT2D eigenvalue weighted by atomic mass is 9.83. The van der Waals surface area contributed by atoms with Gasteiger partial charge >= 0.3 is 0 Å². The van der Waals surface area contributed by atoms with Gasteiger partial charge in [0, 0.05) is 24.8 Å². The molecule has 5 nitrogen and oxygen atoms in total. The Bertz CT molecular complexity index is 829. The fourth-order valence-corrected chi connectivity index (χ4v) is 3.20. The summed E-state index contributed by atoms with van der Waals surface area (Å²) in [5.41, 5.74) is 0.204. The third-order valence-electron chi connectivity index (χ3n) is 4.35. The first kappa shape index (κ1) is 15.4. The highest BCUT2D eigenvalue weighted by atomic mass is 16.3. The molecule has 0 aliphatic carbocycles. The molecule has 124 valence electrons. The van der Waals surface area contributed by atoms with Crippen molar-refractivity contribution in [1.29, 1.82) is 0 Å². The molecule has 0 spiro atoms. The molecule has 4 aromatic rings. The van der Waals surface area contributed by atoms with Crippen LogP contribution >= 0.6 is 0 Å². The van der Waals surface area contributed by atoms with Gasteiger partial charge in [0.15, 0.2) is 11.8 Å². The molecule has 5 heteroatoms.